The third-order valence-electron chi connectivity index (χ3n) is 5.00. The number of nitrogens with one attached hydrogen (secondary N) is 2. The maximum Gasteiger partial charge on any atom is 0.239 e. The van der Waals surface area contributed by atoms with Crippen LogP contribution >= 0.6 is 11.8 Å². The van der Waals surface area contributed by atoms with Crippen molar-refractivity contribution in [3.05, 3.63) is 53.6 Å². The summed E-state index contributed by atoms with van der Waals surface area (Å²) < 4.78 is 12.1. The van der Waals surface area contributed by atoms with E-state index in [0.29, 0.717) is 13.0 Å². The van der Waals surface area contributed by atoms with E-state index < -0.39 is 5.60 Å². The van der Waals surface area contributed by atoms with Crippen LogP contribution in [0.15, 0.2) is 42.5 Å². The van der Waals surface area contributed by atoms with E-state index in [4.69, 9.17) is 14.9 Å². The van der Waals surface area contributed by atoms with E-state index in [9.17, 15) is 9.90 Å². The standard InChI is InChI=1S/C21H22N2O4S/c1-21(9-8-14-11-15(24)4-7-17(14)27-21)12-26-16-5-2-13(3-6-16)10-18-19(25)23-20(22)28-18/h2-7,11,18,24H,8-10,12H2,1H3,(H2,22,23,25). The van der Waals surface area contributed by atoms with Gasteiger partial charge in [0.2, 0.25) is 5.91 Å². The maximum absolute atomic E-state index is 11.8. The lowest BCUT2D eigenvalue weighted by Crippen LogP contribution is -2.42. The molecule has 2 heterocycles. The number of phenols is 1. The van der Waals surface area contributed by atoms with Crippen LogP contribution in [0.3, 0.4) is 0 Å². The zero-order valence-electron chi connectivity index (χ0n) is 15.5. The quantitative estimate of drug-likeness (QED) is 0.719. The predicted octanol–water partition coefficient (Wildman–Crippen LogP) is 3.26. The predicted molar refractivity (Wildman–Crippen MR) is 108 cm³/mol. The van der Waals surface area contributed by atoms with Crippen molar-refractivity contribution in [3.63, 3.8) is 0 Å². The fraction of sp³-hybridized carbons (Fsp3) is 0.333. The number of rotatable bonds is 5. The minimum Gasteiger partial charge on any atom is -0.508 e. The summed E-state index contributed by atoms with van der Waals surface area (Å²) in [6, 6.07) is 12.9. The van der Waals surface area contributed by atoms with Gasteiger partial charge in [-0.15, -0.1) is 0 Å². The molecular weight excluding hydrogens is 376 g/mol. The van der Waals surface area contributed by atoms with Gasteiger partial charge >= 0.3 is 0 Å². The van der Waals surface area contributed by atoms with Crippen molar-refractivity contribution in [1.29, 1.82) is 5.41 Å². The molecule has 1 saturated heterocycles. The van der Waals surface area contributed by atoms with E-state index in [1.165, 1.54) is 11.8 Å². The Labute approximate surface area is 167 Å². The fourth-order valence-electron chi connectivity index (χ4n) is 3.40. The van der Waals surface area contributed by atoms with Crippen LogP contribution in [0.5, 0.6) is 17.2 Å². The first-order valence-corrected chi connectivity index (χ1v) is 10.1. The molecule has 0 radical (unpaired) electrons. The molecule has 28 heavy (non-hydrogen) atoms. The number of carbonyl (C=O) groups is 1. The number of amides is 1. The third-order valence-corrected chi connectivity index (χ3v) is 6.00. The van der Waals surface area contributed by atoms with Crippen LogP contribution in [-0.4, -0.2) is 33.6 Å². The number of aryl methyl sites for hydroxylation is 1. The van der Waals surface area contributed by atoms with E-state index in [1.807, 2.05) is 31.2 Å². The molecule has 0 spiro atoms. The van der Waals surface area contributed by atoms with Gasteiger partial charge in [-0.3, -0.25) is 10.2 Å². The van der Waals surface area contributed by atoms with Crippen molar-refractivity contribution in [2.75, 3.05) is 6.61 Å². The molecule has 0 aromatic heterocycles. The van der Waals surface area contributed by atoms with Crippen LogP contribution in [0.2, 0.25) is 0 Å². The van der Waals surface area contributed by atoms with Crippen molar-refractivity contribution in [1.82, 2.24) is 5.32 Å². The third kappa shape index (κ3) is 4.09. The van der Waals surface area contributed by atoms with Crippen LogP contribution in [0, 0.1) is 5.41 Å². The Bertz CT molecular complexity index is 915. The number of phenolic OH excluding ortho intramolecular Hbond substituents is 1. The molecule has 7 heteroatoms. The Balaban J connectivity index is 1.34. The molecule has 0 bridgehead atoms. The van der Waals surface area contributed by atoms with Gasteiger partial charge in [0, 0.05) is 0 Å². The van der Waals surface area contributed by atoms with Gasteiger partial charge < -0.3 is 19.9 Å². The molecule has 2 aliphatic rings. The first-order valence-electron chi connectivity index (χ1n) is 9.19. The van der Waals surface area contributed by atoms with Crippen molar-refractivity contribution in [2.45, 2.75) is 37.0 Å². The molecule has 3 N–H and O–H groups in total. The van der Waals surface area contributed by atoms with E-state index in [1.54, 1.807) is 18.2 Å². The summed E-state index contributed by atoms with van der Waals surface area (Å²) in [6.45, 7) is 2.45. The number of carbonyl (C=O) groups excluding carboxylic acids is 1. The van der Waals surface area contributed by atoms with Gasteiger partial charge in [0.1, 0.15) is 29.5 Å². The minimum absolute atomic E-state index is 0.105. The van der Waals surface area contributed by atoms with Crippen LogP contribution in [0.1, 0.15) is 24.5 Å². The van der Waals surface area contributed by atoms with E-state index in [2.05, 4.69) is 5.32 Å². The van der Waals surface area contributed by atoms with Crippen LogP contribution < -0.4 is 14.8 Å². The SMILES string of the molecule is CC1(COc2ccc(CC3SC(=N)NC3=O)cc2)CCc2cc(O)ccc2O1. The second-order valence-corrected chi connectivity index (χ2v) is 8.62. The molecule has 2 aliphatic heterocycles. The highest BCUT2D eigenvalue weighted by Gasteiger charge is 2.33. The zero-order valence-corrected chi connectivity index (χ0v) is 16.3. The monoisotopic (exact) mass is 398 g/mol. The molecule has 4 rings (SSSR count). The molecule has 0 aliphatic carbocycles. The molecule has 1 amide bonds. The molecule has 0 saturated carbocycles. The number of benzene rings is 2. The Kier molecular flexibility index (Phi) is 4.93. The number of ether oxygens (including phenoxy) is 2. The number of hydrogen-bond donors (Lipinski definition) is 3. The topological polar surface area (TPSA) is 91.6 Å². The second-order valence-electron chi connectivity index (χ2n) is 7.41. The van der Waals surface area contributed by atoms with Crippen LogP contribution in [0.4, 0.5) is 0 Å². The van der Waals surface area contributed by atoms with Gasteiger partial charge in [0.05, 0.1) is 5.25 Å². The summed E-state index contributed by atoms with van der Waals surface area (Å²) in [5.74, 6) is 1.70. The van der Waals surface area contributed by atoms with Crippen LogP contribution in [0.25, 0.3) is 0 Å². The number of thioether (sulfide) groups is 1. The molecule has 2 unspecified atom stereocenters. The highest BCUT2D eigenvalue weighted by molar-refractivity contribution is 8.15. The Hall–Kier alpha value is -2.67. The zero-order chi connectivity index (χ0) is 19.7. The minimum atomic E-state index is -0.429. The lowest BCUT2D eigenvalue weighted by atomic mass is 9.93. The lowest BCUT2D eigenvalue weighted by molar-refractivity contribution is -0.118. The average Bonchev–Trinajstić information content (AvgIpc) is 2.98. The summed E-state index contributed by atoms with van der Waals surface area (Å²) in [7, 11) is 0. The summed E-state index contributed by atoms with van der Waals surface area (Å²) in [4.78, 5) is 11.8. The Morgan fingerprint density at radius 1 is 1.32 bits per heavy atom. The molecule has 2 aromatic rings. The first kappa shape index (κ1) is 18.7. The first-order chi connectivity index (χ1) is 13.4. The Morgan fingerprint density at radius 3 is 2.82 bits per heavy atom. The fourth-order valence-corrected chi connectivity index (χ4v) is 4.29. The maximum atomic E-state index is 11.8. The number of aromatic hydroxyl groups is 1. The molecular formula is C21H22N2O4S. The van der Waals surface area contributed by atoms with E-state index >= 15 is 0 Å². The average molecular weight is 398 g/mol. The number of amidine groups is 1. The van der Waals surface area contributed by atoms with Gasteiger partial charge in [-0.05, 0) is 67.6 Å². The number of fused-ring (bicyclic) bond motifs is 1. The highest BCUT2D eigenvalue weighted by Crippen LogP contribution is 2.35. The molecule has 2 atom stereocenters. The second kappa shape index (κ2) is 7.39. The summed E-state index contributed by atoms with van der Waals surface area (Å²) >= 11 is 1.26. The van der Waals surface area contributed by atoms with Gasteiger partial charge in [-0.1, -0.05) is 23.9 Å². The lowest BCUT2D eigenvalue weighted by Gasteiger charge is -2.35. The van der Waals surface area contributed by atoms with Crippen molar-refractivity contribution in [2.24, 2.45) is 0 Å². The highest BCUT2D eigenvalue weighted by atomic mass is 32.2. The normalized spacial score (nSPS) is 23.7. The largest absolute Gasteiger partial charge is 0.508 e. The van der Waals surface area contributed by atoms with Gasteiger partial charge in [0.25, 0.3) is 0 Å². The van der Waals surface area contributed by atoms with Gasteiger partial charge in [-0.25, -0.2) is 0 Å². The van der Waals surface area contributed by atoms with Gasteiger partial charge in [0.15, 0.2) is 5.17 Å². The smallest absolute Gasteiger partial charge is 0.239 e. The molecule has 2 aromatic carbocycles. The molecule has 146 valence electrons. The van der Waals surface area contributed by atoms with E-state index in [0.717, 1.165) is 35.5 Å². The van der Waals surface area contributed by atoms with Crippen molar-refractivity contribution in [3.8, 4) is 17.2 Å². The van der Waals surface area contributed by atoms with Crippen molar-refractivity contribution >= 4 is 22.8 Å². The number of hydrogen-bond acceptors (Lipinski definition) is 6. The van der Waals surface area contributed by atoms with Gasteiger partial charge in [-0.2, -0.15) is 0 Å². The molecule has 6 nitrogen and oxygen atoms in total. The summed E-state index contributed by atoms with van der Waals surface area (Å²) in [5.41, 5.74) is 1.62. The van der Waals surface area contributed by atoms with Crippen LogP contribution in [-0.2, 0) is 17.6 Å². The Morgan fingerprint density at radius 2 is 2.11 bits per heavy atom. The molecule has 1 fully saturated rings. The van der Waals surface area contributed by atoms with E-state index in [-0.39, 0.29) is 22.1 Å². The summed E-state index contributed by atoms with van der Waals surface area (Å²) in [6.07, 6.45) is 2.23. The summed E-state index contributed by atoms with van der Waals surface area (Å²) in [5, 5.41) is 19.6. The van der Waals surface area contributed by atoms with Crippen molar-refractivity contribution < 1.29 is 19.4 Å².